The molecule has 1 aromatic heterocycles. The molecule has 8 heteroatoms. The molecule has 0 aliphatic carbocycles. The Balaban J connectivity index is 1.52. The molecule has 0 spiro atoms. The predicted octanol–water partition coefficient (Wildman–Crippen LogP) is 3.76. The van der Waals surface area contributed by atoms with Gasteiger partial charge in [0, 0.05) is 36.1 Å². The van der Waals surface area contributed by atoms with Crippen molar-refractivity contribution < 1.29 is 13.2 Å². The number of methoxy groups -OCH3 is 1. The molecule has 2 N–H and O–H groups in total. The van der Waals surface area contributed by atoms with E-state index in [9.17, 15) is 8.42 Å². The van der Waals surface area contributed by atoms with Crippen LogP contribution in [0.3, 0.4) is 0 Å². The van der Waals surface area contributed by atoms with Gasteiger partial charge in [0.25, 0.3) is 0 Å². The van der Waals surface area contributed by atoms with Crippen LogP contribution in [0.1, 0.15) is 11.1 Å². The van der Waals surface area contributed by atoms with E-state index in [0.717, 1.165) is 52.5 Å². The van der Waals surface area contributed by atoms with Gasteiger partial charge in [-0.2, -0.15) is 5.10 Å². The van der Waals surface area contributed by atoms with Crippen LogP contribution in [0, 0.1) is 0 Å². The average Bonchev–Trinajstić information content (AvgIpc) is 3.43. The Labute approximate surface area is 193 Å². The van der Waals surface area contributed by atoms with E-state index in [1.807, 2.05) is 65.3 Å². The molecule has 1 aliphatic heterocycles. The van der Waals surface area contributed by atoms with E-state index in [4.69, 9.17) is 15.0 Å². The summed E-state index contributed by atoms with van der Waals surface area (Å²) >= 11 is 0. The van der Waals surface area contributed by atoms with Crippen LogP contribution in [0.15, 0.2) is 83.9 Å². The van der Waals surface area contributed by atoms with Crippen LogP contribution < -0.4 is 14.8 Å². The van der Waals surface area contributed by atoms with Gasteiger partial charge in [-0.15, -0.1) is 0 Å². The number of nitrogens with zero attached hydrogens (tertiary/aromatic N) is 3. The number of anilines is 1. The highest BCUT2D eigenvalue weighted by molar-refractivity contribution is 7.89. The van der Waals surface area contributed by atoms with Crippen LogP contribution in [0.4, 0.5) is 5.69 Å². The zero-order valence-corrected chi connectivity index (χ0v) is 19.0. The van der Waals surface area contributed by atoms with Gasteiger partial charge in [-0.3, -0.25) is 0 Å². The Hall–Kier alpha value is -3.62. The lowest BCUT2D eigenvalue weighted by molar-refractivity contribution is 0.415. The minimum Gasteiger partial charge on any atom is -0.497 e. The first-order valence-electron chi connectivity index (χ1n) is 10.6. The molecule has 0 bridgehead atoms. The largest absolute Gasteiger partial charge is 0.497 e. The van der Waals surface area contributed by atoms with Gasteiger partial charge in [0.2, 0.25) is 10.0 Å². The molecule has 1 aliphatic rings. The van der Waals surface area contributed by atoms with Crippen molar-refractivity contribution in [1.29, 1.82) is 0 Å². The summed E-state index contributed by atoms with van der Waals surface area (Å²) in [5, 5.41) is 10.2. The lowest BCUT2D eigenvalue weighted by atomic mass is 10.1. The highest BCUT2D eigenvalue weighted by Crippen LogP contribution is 2.33. The fourth-order valence-corrected chi connectivity index (χ4v) is 4.79. The summed E-state index contributed by atoms with van der Waals surface area (Å²) in [5.41, 5.74) is 5.98. The monoisotopic (exact) mass is 460 g/mol. The fourth-order valence-electron chi connectivity index (χ4n) is 4.22. The summed E-state index contributed by atoms with van der Waals surface area (Å²) in [6.07, 6.45) is 2.83. The molecule has 33 heavy (non-hydrogen) atoms. The van der Waals surface area contributed by atoms with Crippen LogP contribution in [-0.2, 0) is 23.0 Å². The van der Waals surface area contributed by atoms with Crippen LogP contribution in [0.5, 0.6) is 5.75 Å². The molecule has 5 rings (SSSR count). The SMILES string of the molecule is COc1ccc(-c2nn(-c3ccccc3)cc2CN2CCc3cc(S(N)(=O)=O)ccc32)cc1. The van der Waals surface area contributed by atoms with Crippen molar-refractivity contribution in [3.05, 3.63) is 90.1 Å². The van der Waals surface area contributed by atoms with E-state index in [1.54, 1.807) is 19.2 Å². The molecule has 4 aromatic rings. The Morgan fingerprint density at radius 2 is 1.79 bits per heavy atom. The van der Waals surface area contributed by atoms with E-state index in [1.165, 1.54) is 0 Å². The number of nitrogens with two attached hydrogens (primary N) is 1. The number of rotatable bonds is 6. The molecule has 3 aromatic carbocycles. The van der Waals surface area contributed by atoms with Crippen LogP contribution >= 0.6 is 0 Å². The zero-order chi connectivity index (χ0) is 23.0. The van der Waals surface area contributed by atoms with E-state index >= 15 is 0 Å². The first-order valence-corrected chi connectivity index (χ1v) is 12.2. The topological polar surface area (TPSA) is 90.4 Å². The summed E-state index contributed by atoms with van der Waals surface area (Å²) < 4.78 is 30.7. The third-order valence-corrected chi connectivity index (χ3v) is 6.82. The summed E-state index contributed by atoms with van der Waals surface area (Å²) in [6, 6.07) is 23.0. The van der Waals surface area contributed by atoms with Gasteiger partial charge in [-0.05, 0) is 66.6 Å². The van der Waals surface area contributed by atoms with Gasteiger partial charge < -0.3 is 9.64 Å². The maximum absolute atomic E-state index is 11.7. The minimum atomic E-state index is -3.72. The molecule has 0 radical (unpaired) electrons. The van der Waals surface area contributed by atoms with Gasteiger partial charge in [-0.25, -0.2) is 18.2 Å². The molecule has 168 valence electrons. The third-order valence-electron chi connectivity index (χ3n) is 5.91. The molecular weight excluding hydrogens is 436 g/mol. The number of benzene rings is 3. The van der Waals surface area contributed by atoms with Crippen LogP contribution in [0.2, 0.25) is 0 Å². The zero-order valence-electron chi connectivity index (χ0n) is 18.2. The number of ether oxygens (including phenoxy) is 1. The summed E-state index contributed by atoms with van der Waals surface area (Å²) in [6.45, 7) is 1.44. The smallest absolute Gasteiger partial charge is 0.238 e. The summed E-state index contributed by atoms with van der Waals surface area (Å²) in [5.74, 6) is 0.793. The van der Waals surface area contributed by atoms with Crippen molar-refractivity contribution in [2.75, 3.05) is 18.6 Å². The Kier molecular flexibility index (Phi) is 5.39. The van der Waals surface area contributed by atoms with Crippen molar-refractivity contribution in [2.24, 2.45) is 5.14 Å². The number of fused-ring (bicyclic) bond motifs is 1. The number of aromatic nitrogens is 2. The average molecular weight is 461 g/mol. The molecule has 0 atom stereocenters. The number of hydrogen-bond acceptors (Lipinski definition) is 5. The quantitative estimate of drug-likeness (QED) is 0.473. The normalized spacial score (nSPS) is 13.2. The summed E-state index contributed by atoms with van der Waals surface area (Å²) in [7, 11) is -2.07. The lowest BCUT2D eigenvalue weighted by Gasteiger charge is -2.19. The fraction of sp³-hybridized carbons (Fsp3) is 0.160. The number of primary sulfonamides is 1. The van der Waals surface area contributed by atoms with Crippen molar-refractivity contribution in [3.8, 4) is 22.7 Å². The van der Waals surface area contributed by atoms with Gasteiger partial charge in [0.05, 0.1) is 23.4 Å². The first kappa shape index (κ1) is 21.2. The molecule has 2 heterocycles. The van der Waals surface area contributed by atoms with Crippen LogP contribution in [-0.4, -0.2) is 31.9 Å². The minimum absolute atomic E-state index is 0.152. The first-order chi connectivity index (χ1) is 15.9. The summed E-state index contributed by atoms with van der Waals surface area (Å²) in [4.78, 5) is 2.40. The maximum Gasteiger partial charge on any atom is 0.238 e. The molecule has 0 unspecified atom stereocenters. The molecular formula is C25H24N4O3S. The maximum atomic E-state index is 11.7. The molecule has 0 fully saturated rings. The van der Waals surface area contributed by atoms with E-state index < -0.39 is 10.0 Å². The van der Waals surface area contributed by atoms with Gasteiger partial charge in [-0.1, -0.05) is 18.2 Å². The van der Waals surface area contributed by atoms with E-state index in [0.29, 0.717) is 6.54 Å². The number of hydrogen-bond donors (Lipinski definition) is 1. The Morgan fingerprint density at radius 1 is 1.03 bits per heavy atom. The number of para-hydroxylation sites is 1. The van der Waals surface area contributed by atoms with Gasteiger partial charge in [0.15, 0.2) is 0 Å². The molecule has 0 amide bonds. The number of sulfonamides is 1. The second-order valence-electron chi connectivity index (χ2n) is 8.02. The van der Waals surface area contributed by atoms with E-state index in [2.05, 4.69) is 11.1 Å². The van der Waals surface area contributed by atoms with Gasteiger partial charge >= 0.3 is 0 Å². The lowest BCUT2D eigenvalue weighted by Crippen LogP contribution is -2.20. The second kappa shape index (κ2) is 8.38. The Morgan fingerprint density at radius 3 is 2.48 bits per heavy atom. The second-order valence-corrected chi connectivity index (χ2v) is 9.58. The van der Waals surface area contributed by atoms with Crippen molar-refractivity contribution >= 4 is 15.7 Å². The standard InChI is InChI=1S/C25H24N4O3S/c1-32-22-9-7-18(8-10-22)25-20(17-29(27-25)21-5-3-2-4-6-21)16-28-14-13-19-15-23(33(26,30)31)11-12-24(19)28/h2-12,15,17H,13-14,16H2,1H3,(H2,26,30,31). The van der Waals surface area contributed by atoms with Crippen molar-refractivity contribution in [2.45, 2.75) is 17.9 Å². The third kappa shape index (κ3) is 4.22. The molecule has 0 saturated carbocycles. The van der Waals surface area contributed by atoms with Crippen LogP contribution in [0.25, 0.3) is 16.9 Å². The van der Waals surface area contributed by atoms with E-state index in [-0.39, 0.29) is 4.90 Å². The van der Waals surface area contributed by atoms with Crippen molar-refractivity contribution in [3.63, 3.8) is 0 Å². The highest BCUT2D eigenvalue weighted by Gasteiger charge is 2.24. The molecule has 0 saturated heterocycles. The Bertz CT molecular complexity index is 1400. The molecule has 7 nitrogen and oxygen atoms in total. The highest BCUT2D eigenvalue weighted by atomic mass is 32.2. The predicted molar refractivity (Wildman–Crippen MR) is 128 cm³/mol. The van der Waals surface area contributed by atoms with Gasteiger partial charge in [0.1, 0.15) is 5.75 Å². The van der Waals surface area contributed by atoms with Crippen molar-refractivity contribution in [1.82, 2.24) is 9.78 Å².